The van der Waals surface area contributed by atoms with Crippen LogP contribution in [0.25, 0.3) is 0 Å². The molecule has 116 valence electrons. The Bertz CT molecular complexity index is 534. The summed E-state index contributed by atoms with van der Waals surface area (Å²) in [5.74, 6) is -2.29. The van der Waals surface area contributed by atoms with Crippen LogP contribution >= 0.6 is 0 Å². The van der Waals surface area contributed by atoms with Gasteiger partial charge in [-0.1, -0.05) is 0 Å². The lowest BCUT2D eigenvalue weighted by atomic mass is 10.0. The van der Waals surface area contributed by atoms with Gasteiger partial charge >= 0.3 is 0 Å². The van der Waals surface area contributed by atoms with Crippen LogP contribution in [0, 0.1) is 11.6 Å². The first-order valence-corrected chi connectivity index (χ1v) is 6.80. The van der Waals surface area contributed by atoms with Gasteiger partial charge in [-0.25, -0.2) is 8.78 Å². The quantitative estimate of drug-likeness (QED) is 0.858. The number of halogens is 2. The van der Waals surface area contributed by atoms with Gasteiger partial charge < -0.3 is 9.84 Å². The lowest BCUT2D eigenvalue weighted by molar-refractivity contribution is -0.146. The maximum absolute atomic E-state index is 13.2. The number of rotatable bonds is 4. The van der Waals surface area contributed by atoms with Crippen LogP contribution in [0.15, 0.2) is 18.2 Å². The SMILES string of the molecule is CC1(C)CN(CC(=O)c2ccc(F)c(F)c2)CC(CO)O1. The maximum atomic E-state index is 13.2. The molecule has 1 N–H and O–H groups in total. The average molecular weight is 299 g/mol. The summed E-state index contributed by atoms with van der Waals surface area (Å²) in [6, 6.07) is 3.13. The predicted molar refractivity (Wildman–Crippen MR) is 73.2 cm³/mol. The predicted octanol–water partition coefficient (Wildman–Crippen LogP) is 1.62. The Morgan fingerprint density at radius 2 is 2.14 bits per heavy atom. The van der Waals surface area contributed by atoms with Crippen molar-refractivity contribution >= 4 is 5.78 Å². The third-order valence-electron chi connectivity index (χ3n) is 3.36. The van der Waals surface area contributed by atoms with Crippen molar-refractivity contribution in [2.45, 2.75) is 25.6 Å². The van der Waals surface area contributed by atoms with Crippen LogP contribution in [-0.2, 0) is 4.74 Å². The number of nitrogens with zero attached hydrogens (tertiary/aromatic N) is 1. The number of hydrogen-bond acceptors (Lipinski definition) is 4. The number of benzene rings is 1. The molecular weight excluding hydrogens is 280 g/mol. The Morgan fingerprint density at radius 3 is 2.76 bits per heavy atom. The molecule has 1 unspecified atom stereocenters. The van der Waals surface area contributed by atoms with Gasteiger partial charge in [-0.3, -0.25) is 9.69 Å². The van der Waals surface area contributed by atoms with Gasteiger partial charge in [-0.05, 0) is 32.0 Å². The number of Topliss-reactive ketones (excluding diaryl/α,β-unsaturated/α-hetero) is 1. The molecule has 1 aliphatic rings. The fourth-order valence-corrected chi connectivity index (χ4v) is 2.60. The molecule has 0 aromatic heterocycles. The van der Waals surface area contributed by atoms with Crippen LogP contribution in [0.5, 0.6) is 0 Å². The van der Waals surface area contributed by atoms with E-state index in [0.29, 0.717) is 13.1 Å². The molecule has 0 radical (unpaired) electrons. The van der Waals surface area contributed by atoms with Crippen molar-refractivity contribution in [3.63, 3.8) is 0 Å². The molecule has 0 aliphatic carbocycles. The van der Waals surface area contributed by atoms with Crippen molar-refractivity contribution in [3.05, 3.63) is 35.4 Å². The van der Waals surface area contributed by atoms with E-state index in [1.54, 1.807) is 0 Å². The Kier molecular flexibility index (Phi) is 4.70. The minimum absolute atomic E-state index is 0.0777. The van der Waals surface area contributed by atoms with Gasteiger partial charge in [0.15, 0.2) is 17.4 Å². The molecule has 1 atom stereocenters. The van der Waals surface area contributed by atoms with Crippen molar-refractivity contribution < 1.29 is 23.4 Å². The van der Waals surface area contributed by atoms with E-state index in [4.69, 9.17) is 4.74 Å². The zero-order valence-electron chi connectivity index (χ0n) is 12.1. The molecule has 2 rings (SSSR count). The fourth-order valence-electron chi connectivity index (χ4n) is 2.60. The summed E-state index contributed by atoms with van der Waals surface area (Å²) in [5, 5.41) is 9.23. The monoisotopic (exact) mass is 299 g/mol. The van der Waals surface area contributed by atoms with E-state index < -0.39 is 17.2 Å². The minimum atomic E-state index is -1.03. The van der Waals surface area contributed by atoms with E-state index in [2.05, 4.69) is 0 Å². The fraction of sp³-hybridized carbons (Fsp3) is 0.533. The molecule has 21 heavy (non-hydrogen) atoms. The molecule has 1 saturated heterocycles. The third-order valence-corrected chi connectivity index (χ3v) is 3.36. The third kappa shape index (κ3) is 4.06. The highest BCUT2D eigenvalue weighted by atomic mass is 19.2. The molecule has 0 bridgehead atoms. The summed E-state index contributed by atoms with van der Waals surface area (Å²) in [6.45, 7) is 4.66. The smallest absolute Gasteiger partial charge is 0.176 e. The normalized spacial score (nSPS) is 22.2. The van der Waals surface area contributed by atoms with Gasteiger partial charge in [0.25, 0.3) is 0 Å². The number of ether oxygens (including phenoxy) is 1. The van der Waals surface area contributed by atoms with Crippen LogP contribution in [-0.4, -0.2) is 53.7 Å². The Labute approximate surface area is 122 Å². The van der Waals surface area contributed by atoms with Crippen LogP contribution in [0.1, 0.15) is 24.2 Å². The standard InChI is InChI=1S/C15H19F2NO3/c1-15(2)9-18(6-11(8-19)21-15)7-14(20)10-3-4-12(16)13(17)5-10/h3-5,11,19H,6-9H2,1-2H3. The maximum Gasteiger partial charge on any atom is 0.176 e. The number of carbonyl (C=O) groups excluding carboxylic acids is 1. The molecule has 0 saturated carbocycles. The molecule has 1 aliphatic heterocycles. The zero-order chi connectivity index (χ0) is 15.6. The second kappa shape index (κ2) is 6.17. The summed E-state index contributed by atoms with van der Waals surface area (Å²) in [6.07, 6.45) is -0.355. The van der Waals surface area contributed by atoms with Gasteiger partial charge in [0, 0.05) is 18.7 Å². The second-order valence-corrected chi connectivity index (χ2v) is 5.90. The van der Waals surface area contributed by atoms with E-state index in [9.17, 15) is 18.7 Å². The van der Waals surface area contributed by atoms with E-state index in [-0.39, 0.29) is 30.6 Å². The first-order chi connectivity index (χ1) is 9.80. The van der Waals surface area contributed by atoms with Gasteiger partial charge in [-0.15, -0.1) is 0 Å². The van der Waals surface area contributed by atoms with E-state index in [0.717, 1.165) is 12.1 Å². The van der Waals surface area contributed by atoms with Crippen molar-refractivity contribution in [1.82, 2.24) is 4.90 Å². The van der Waals surface area contributed by atoms with Crippen LogP contribution in [0.2, 0.25) is 0 Å². The summed E-state index contributed by atoms with van der Waals surface area (Å²) < 4.78 is 31.7. The van der Waals surface area contributed by atoms with E-state index in [1.165, 1.54) is 6.07 Å². The van der Waals surface area contributed by atoms with Crippen LogP contribution < -0.4 is 0 Å². The number of morpholine rings is 1. The van der Waals surface area contributed by atoms with Gasteiger partial charge in [0.2, 0.25) is 0 Å². The summed E-state index contributed by atoms with van der Waals surface area (Å²) in [4.78, 5) is 14.0. The topological polar surface area (TPSA) is 49.8 Å². The van der Waals surface area contributed by atoms with Crippen molar-refractivity contribution in [2.24, 2.45) is 0 Å². The lowest BCUT2D eigenvalue weighted by Crippen LogP contribution is -2.54. The number of carbonyl (C=O) groups is 1. The highest BCUT2D eigenvalue weighted by molar-refractivity contribution is 5.97. The minimum Gasteiger partial charge on any atom is -0.394 e. The second-order valence-electron chi connectivity index (χ2n) is 5.90. The van der Waals surface area contributed by atoms with Crippen molar-refractivity contribution in [1.29, 1.82) is 0 Å². The molecule has 1 aromatic rings. The molecule has 1 aromatic carbocycles. The zero-order valence-corrected chi connectivity index (χ0v) is 12.1. The largest absolute Gasteiger partial charge is 0.394 e. The summed E-state index contributed by atoms with van der Waals surface area (Å²) >= 11 is 0. The number of aliphatic hydroxyl groups is 1. The van der Waals surface area contributed by atoms with Crippen molar-refractivity contribution in [2.75, 3.05) is 26.2 Å². The van der Waals surface area contributed by atoms with E-state index in [1.807, 2.05) is 18.7 Å². The molecule has 1 heterocycles. The number of aliphatic hydroxyl groups excluding tert-OH is 1. The summed E-state index contributed by atoms with van der Waals surface area (Å²) in [5.41, 5.74) is -0.335. The first-order valence-electron chi connectivity index (χ1n) is 6.80. The number of hydrogen-bond donors (Lipinski definition) is 1. The molecule has 4 nitrogen and oxygen atoms in total. The molecular formula is C15H19F2NO3. The highest BCUT2D eigenvalue weighted by Gasteiger charge is 2.33. The Morgan fingerprint density at radius 1 is 1.43 bits per heavy atom. The molecule has 1 fully saturated rings. The van der Waals surface area contributed by atoms with Crippen LogP contribution in [0.3, 0.4) is 0 Å². The van der Waals surface area contributed by atoms with Gasteiger partial charge in [0.05, 0.1) is 24.9 Å². The van der Waals surface area contributed by atoms with Crippen LogP contribution in [0.4, 0.5) is 8.78 Å². The summed E-state index contributed by atoms with van der Waals surface area (Å²) in [7, 11) is 0. The molecule has 6 heteroatoms. The van der Waals surface area contributed by atoms with Gasteiger partial charge in [-0.2, -0.15) is 0 Å². The molecule has 0 amide bonds. The number of ketones is 1. The van der Waals surface area contributed by atoms with Gasteiger partial charge in [0.1, 0.15) is 0 Å². The highest BCUT2D eigenvalue weighted by Crippen LogP contribution is 2.21. The van der Waals surface area contributed by atoms with Crippen molar-refractivity contribution in [3.8, 4) is 0 Å². The molecule has 0 spiro atoms. The Balaban J connectivity index is 2.06. The van der Waals surface area contributed by atoms with E-state index >= 15 is 0 Å². The first kappa shape index (κ1) is 16.0. The lowest BCUT2D eigenvalue weighted by Gasteiger charge is -2.42. The Hall–Kier alpha value is -1.37. The average Bonchev–Trinajstić information content (AvgIpc) is 2.39.